The molecule has 0 fully saturated rings. The van der Waals surface area contributed by atoms with Crippen molar-refractivity contribution in [2.45, 2.75) is 46.6 Å². The van der Waals surface area contributed by atoms with Crippen LogP contribution in [0, 0.1) is 13.8 Å². The molecule has 3 aromatic rings. The minimum absolute atomic E-state index is 0.0223. The average Bonchev–Trinajstić information content (AvgIpc) is 3.34. The molecular formula is C23H30N4O2S. The third kappa shape index (κ3) is 5.15. The number of aromatic nitrogens is 3. The van der Waals surface area contributed by atoms with Gasteiger partial charge in [0, 0.05) is 55.3 Å². The minimum Gasteiger partial charge on any atom is -0.385 e. The van der Waals surface area contributed by atoms with Crippen LogP contribution in [0.3, 0.4) is 0 Å². The van der Waals surface area contributed by atoms with E-state index in [0.717, 1.165) is 59.2 Å². The number of nitrogens with zero attached hydrogens (tertiary/aromatic N) is 3. The maximum absolute atomic E-state index is 12.8. The number of carbonyl (C=O) groups excluding carboxylic acids is 1. The van der Waals surface area contributed by atoms with Crippen LogP contribution in [-0.4, -0.2) is 40.7 Å². The number of hydrogen-bond acceptors (Lipinski definition) is 5. The van der Waals surface area contributed by atoms with Gasteiger partial charge >= 0.3 is 0 Å². The third-order valence-electron chi connectivity index (χ3n) is 5.08. The van der Waals surface area contributed by atoms with E-state index in [2.05, 4.69) is 27.2 Å². The molecule has 0 aliphatic heterocycles. The zero-order valence-electron chi connectivity index (χ0n) is 18.2. The van der Waals surface area contributed by atoms with E-state index in [-0.39, 0.29) is 5.91 Å². The van der Waals surface area contributed by atoms with Crippen molar-refractivity contribution in [1.82, 2.24) is 19.9 Å². The highest BCUT2D eigenvalue weighted by Gasteiger charge is 2.20. The second-order valence-electron chi connectivity index (χ2n) is 7.36. The standard InChI is InChI=1S/C23H30N4O2S/c1-5-6-10-24-22(28)19-13-21(27(17(19)3)11-7-12-29-4)20-15-30-23(26-20)18-9-8-16(2)25-14-18/h8-9,13-15H,5-7,10-12H2,1-4H3,(H,24,28). The Morgan fingerprint density at radius 3 is 2.80 bits per heavy atom. The maximum atomic E-state index is 12.8. The lowest BCUT2D eigenvalue weighted by Crippen LogP contribution is -2.24. The number of ether oxygens (including phenoxy) is 1. The summed E-state index contributed by atoms with van der Waals surface area (Å²) in [5.41, 5.74) is 5.50. The first kappa shape index (κ1) is 22.2. The van der Waals surface area contributed by atoms with Gasteiger partial charge in [0.25, 0.3) is 5.91 Å². The first-order valence-electron chi connectivity index (χ1n) is 10.4. The van der Waals surface area contributed by atoms with E-state index in [9.17, 15) is 4.79 Å². The van der Waals surface area contributed by atoms with Gasteiger partial charge in [-0.25, -0.2) is 4.98 Å². The molecule has 0 aliphatic rings. The van der Waals surface area contributed by atoms with Crippen LogP contribution in [0.2, 0.25) is 0 Å². The Balaban J connectivity index is 1.93. The van der Waals surface area contributed by atoms with Crippen molar-refractivity contribution in [3.05, 3.63) is 46.7 Å². The van der Waals surface area contributed by atoms with E-state index in [0.29, 0.717) is 18.7 Å². The number of unbranched alkanes of at least 4 members (excludes halogenated alkanes) is 1. The molecule has 3 aromatic heterocycles. The molecule has 0 saturated heterocycles. The summed E-state index contributed by atoms with van der Waals surface area (Å²) < 4.78 is 7.41. The first-order valence-corrected chi connectivity index (χ1v) is 11.3. The van der Waals surface area contributed by atoms with Gasteiger partial charge in [0.2, 0.25) is 0 Å². The molecule has 7 heteroatoms. The van der Waals surface area contributed by atoms with Crippen molar-refractivity contribution in [3.63, 3.8) is 0 Å². The summed E-state index contributed by atoms with van der Waals surface area (Å²) in [6, 6.07) is 6.00. The van der Waals surface area contributed by atoms with Crippen molar-refractivity contribution in [3.8, 4) is 22.0 Å². The number of carbonyl (C=O) groups is 1. The molecule has 160 valence electrons. The van der Waals surface area contributed by atoms with Crippen LogP contribution in [0.1, 0.15) is 47.9 Å². The Labute approximate surface area is 182 Å². The van der Waals surface area contributed by atoms with Crippen LogP contribution in [0.5, 0.6) is 0 Å². The van der Waals surface area contributed by atoms with Gasteiger partial charge in [0.05, 0.1) is 17.0 Å². The lowest BCUT2D eigenvalue weighted by atomic mass is 10.2. The molecule has 3 heterocycles. The van der Waals surface area contributed by atoms with Gasteiger partial charge in [-0.3, -0.25) is 9.78 Å². The summed E-state index contributed by atoms with van der Waals surface area (Å²) in [7, 11) is 1.71. The minimum atomic E-state index is -0.0223. The van der Waals surface area contributed by atoms with Gasteiger partial charge in [-0.05, 0) is 44.9 Å². The van der Waals surface area contributed by atoms with Crippen molar-refractivity contribution < 1.29 is 9.53 Å². The Morgan fingerprint density at radius 1 is 1.27 bits per heavy atom. The summed E-state index contributed by atoms with van der Waals surface area (Å²) in [6.07, 6.45) is 4.76. The fourth-order valence-corrected chi connectivity index (χ4v) is 4.14. The lowest BCUT2D eigenvalue weighted by molar-refractivity contribution is 0.0952. The molecule has 1 amide bonds. The van der Waals surface area contributed by atoms with Gasteiger partial charge in [-0.2, -0.15) is 0 Å². The van der Waals surface area contributed by atoms with Gasteiger partial charge in [0.1, 0.15) is 5.01 Å². The molecule has 0 aromatic carbocycles. The highest BCUT2D eigenvalue weighted by atomic mass is 32.1. The molecule has 0 aliphatic carbocycles. The second kappa shape index (κ2) is 10.5. The molecule has 0 atom stereocenters. The highest BCUT2D eigenvalue weighted by molar-refractivity contribution is 7.13. The highest BCUT2D eigenvalue weighted by Crippen LogP contribution is 2.31. The number of rotatable bonds is 10. The van der Waals surface area contributed by atoms with Crippen LogP contribution in [-0.2, 0) is 11.3 Å². The van der Waals surface area contributed by atoms with Crippen LogP contribution >= 0.6 is 11.3 Å². The molecule has 0 spiro atoms. The third-order valence-corrected chi connectivity index (χ3v) is 5.97. The normalized spacial score (nSPS) is 11.1. The second-order valence-corrected chi connectivity index (χ2v) is 8.22. The molecule has 0 saturated carbocycles. The van der Waals surface area contributed by atoms with Crippen molar-refractivity contribution in [2.75, 3.05) is 20.3 Å². The van der Waals surface area contributed by atoms with E-state index in [1.54, 1.807) is 18.4 Å². The number of methoxy groups -OCH3 is 1. The van der Waals surface area contributed by atoms with Crippen LogP contribution in [0.4, 0.5) is 0 Å². The smallest absolute Gasteiger partial charge is 0.253 e. The topological polar surface area (TPSA) is 69.0 Å². The molecule has 1 N–H and O–H groups in total. The fourth-order valence-electron chi connectivity index (χ4n) is 3.33. The molecule has 30 heavy (non-hydrogen) atoms. The van der Waals surface area contributed by atoms with E-state index >= 15 is 0 Å². The molecule has 0 unspecified atom stereocenters. The Bertz CT molecular complexity index is 976. The van der Waals surface area contributed by atoms with Gasteiger partial charge in [0.15, 0.2) is 0 Å². The summed E-state index contributed by atoms with van der Waals surface area (Å²) in [6.45, 7) is 8.23. The van der Waals surface area contributed by atoms with Crippen LogP contribution < -0.4 is 5.32 Å². The Hall–Kier alpha value is -2.51. The summed E-state index contributed by atoms with van der Waals surface area (Å²) in [5, 5.41) is 6.01. The SMILES string of the molecule is CCCCNC(=O)c1cc(-c2csc(-c3ccc(C)nc3)n2)n(CCCOC)c1C. The molecule has 0 radical (unpaired) electrons. The monoisotopic (exact) mass is 426 g/mol. The number of pyridine rings is 1. The average molecular weight is 427 g/mol. The van der Waals surface area contributed by atoms with Crippen LogP contribution in [0.15, 0.2) is 29.8 Å². The largest absolute Gasteiger partial charge is 0.385 e. The predicted molar refractivity (Wildman–Crippen MR) is 122 cm³/mol. The first-order chi connectivity index (χ1) is 14.5. The molecular weight excluding hydrogens is 396 g/mol. The van der Waals surface area contributed by atoms with E-state index in [1.165, 1.54) is 0 Å². The number of thiazole rings is 1. The molecule has 6 nitrogen and oxygen atoms in total. The van der Waals surface area contributed by atoms with Gasteiger partial charge < -0.3 is 14.6 Å². The lowest BCUT2D eigenvalue weighted by Gasteiger charge is -2.11. The summed E-state index contributed by atoms with van der Waals surface area (Å²) >= 11 is 1.59. The van der Waals surface area contributed by atoms with E-state index < -0.39 is 0 Å². The summed E-state index contributed by atoms with van der Waals surface area (Å²) in [5.74, 6) is -0.0223. The zero-order valence-corrected chi connectivity index (χ0v) is 19.0. The van der Waals surface area contributed by atoms with Crippen molar-refractivity contribution in [1.29, 1.82) is 0 Å². The van der Waals surface area contributed by atoms with Crippen LogP contribution in [0.25, 0.3) is 22.0 Å². The number of amides is 1. The Morgan fingerprint density at radius 2 is 2.10 bits per heavy atom. The van der Waals surface area contributed by atoms with Crippen molar-refractivity contribution >= 4 is 17.2 Å². The zero-order chi connectivity index (χ0) is 21.5. The van der Waals surface area contributed by atoms with Crippen molar-refractivity contribution in [2.24, 2.45) is 0 Å². The maximum Gasteiger partial charge on any atom is 0.253 e. The quantitative estimate of drug-likeness (QED) is 0.470. The predicted octanol–water partition coefficient (Wildman–Crippen LogP) is 4.86. The van der Waals surface area contributed by atoms with E-state index in [1.807, 2.05) is 38.2 Å². The number of nitrogens with one attached hydrogen (secondary N) is 1. The van der Waals surface area contributed by atoms with Gasteiger partial charge in [-0.1, -0.05) is 13.3 Å². The number of hydrogen-bond donors (Lipinski definition) is 1. The molecule has 3 rings (SSSR count). The van der Waals surface area contributed by atoms with Gasteiger partial charge in [-0.15, -0.1) is 11.3 Å². The van der Waals surface area contributed by atoms with E-state index in [4.69, 9.17) is 9.72 Å². The fraction of sp³-hybridized carbons (Fsp3) is 0.435. The summed E-state index contributed by atoms with van der Waals surface area (Å²) in [4.78, 5) is 22.0. The number of aryl methyl sites for hydroxylation is 1. The Kier molecular flexibility index (Phi) is 7.76. The molecule has 0 bridgehead atoms.